The van der Waals surface area contributed by atoms with E-state index in [1.54, 1.807) is 0 Å². The fraction of sp³-hybridized carbons (Fsp3) is 0.200. The number of fused-ring (bicyclic) bond motifs is 1. The Hall–Kier alpha value is -1.36. The van der Waals surface area contributed by atoms with Crippen molar-refractivity contribution in [3.63, 3.8) is 0 Å². The van der Waals surface area contributed by atoms with Gasteiger partial charge in [0.1, 0.15) is 11.0 Å². The fourth-order valence-corrected chi connectivity index (χ4v) is 3.05. The number of aromatic nitrogens is 1. The molecule has 0 fully saturated rings. The normalized spacial score (nSPS) is 13.9. The SMILES string of the molecule is O=C(c1cnc(Cl)c(Cl)c1)N1CCCc2c(Cl)ccc(F)c21. The highest BCUT2D eigenvalue weighted by atomic mass is 35.5. The summed E-state index contributed by atoms with van der Waals surface area (Å²) in [5.41, 5.74) is 1.13. The molecule has 0 atom stereocenters. The standard InChI is InChI=1S/C15H10Cl3FN2O/c16-10-3-4-12(19)13-9(10)2-1-5-21(13)15(22)8-6-11(17)14(18)20-7-8/h3-4,6-7H,1-2,5H2. The van der Waals surface area contributed by atoms with Crippen molar-refractivity contribution >= 4 is 46.4 Å². The molecule has 0 saturated carbocycles. The number of benzene rings is 1. The summed E-state index contributed by atoms with van der Waals surface area (Å²) in [5, 5.41) is 0.754. The van der Waals surface area contributed by atoms with E-state index in [-0.39, 0.29) is 27.3 Å². The molecule has 3 nitrogen and oxygen atoms in total. The van der Waals surface area contributed by atoms with Crippen molar-refractivity contribution in [3.8, 4) is 0 Å². The first kappa shape index (κ1) is 15.5. The van der Waals surface area contributed by atoms with Gasteiger partial charge in [0.05, 0.1) is 16.3 Å². The molecule has 0 saturated heterocycles. The van der Waals surface area contributed by atoms with Crippen LogP contribution < -0.4 is 4.90 Å². The number of nitrogens with zero attached hydrogens (tertiary/aromatic N) is 2. The number of amides is 1. The van der Waals surface area contributed by atoms with E-state index in [0.717, 1.165) is 0 Å². The summed E-state index contributed by atoms with van der Waals surface area (Å²) in [5.74, 6) is -0.853. The monoisotopic (exact) mass is 358 g/mol. The lowest BCUT2D eigenvalue weighted by Gasteiger charge is -2.30. The Morgan fingerprint density at radius 3 is 2.73 bits per heavy atom. The molecule has 1 aromatic carbocycles. The Bertz CT molecular complexity index is 767. The number of hydrogen-bond donors (Lipinski definition) is 0. The fourth-order valence-electron chi connectivity index (χ4n) is 2.54. The number of anilines is 1. The van der Waals surface area contributed by atoms with Gasteiger partial charge in [0, 0.05) is 17.8 Å². The van der Waals surface area contributed by atoms with Gasteiger partial charge < -0.3 is 4.90 Å². The van der Waals surface area contributed by atoms with Crippen LogP contribution >= 0.6 is 34.8 Å². The number of rotatable bonds is 1. The summed E-state index contributed by atoms with van der Waals surface area (Å²) in [4.78, 5) is 17.9. The lowest BCUT2D eigenvalue weighted by atomic mass is 10.0. The van der Waals surface area contributed by atoms with Crippen LogP contribution in [0.4, 0.5) is 10.1 Å². The van der Waals surface area contributed by atoms with Crippen LogP contribution in [0.1, 0.15) is 22.3 Å². The summed E-state index contributed by atoms with van der Waals surface area (Å²) in [6.07, 6.45) is 2.67. The Balaban J connectivity index is 2.05. The number of pyridine rings is 1. The second kappa shape index (κ2) is 6.03. The molecule has 1 amide bonds. The van der Waals surface area contributed by atoms with Gasteiger partial charge >= 0.3 is 0 Å². The summed E-state index contributed by atoms with van der Waals surface area (Å²) in [6.45, 7) is 0.406. The molecule has 3 rings (SSSR count). The number of carbonyl (C=O) groups excluding carboxylic acids is 1. The van der Waals surface area contributed by atoms with Crippen LogP contribution in [0.2, 0.25) is 15.2 Å². The van der Waals surface area contributed by atoms with Crippen LogP contribution in [0.25, 0.3) is 0 Å². The zero-order valence-electron chi connectivity index (χ0n) is 11.2. The van der Waals surface area contributed by atoms with Crippen LogP contribution in [0.5, 0.6) is 0 Å². The van der Waals surface area contributed by atoms with Crippen LogP contribution in [0.15, 0.2) is 24.4 Å². The van der Waals surface area contributed by atoms with Gasteiger partial charge in [-0.2, -0.15) is 0 Å². The molecule has 1 aliphatic heterocycles. The summed E-state index contributed by atoms with van der Waals surface area (Å²) in [6, 6.07) is 4.19. The van der Waals surface area contributed by atoms with Gasteiger partial charge in [-0.25, -0.2) is 9.37 Å². The van der Waals surface area contributed by atoms with Crippen LogP contribution in [-0.2, 0) is 6.42 Å². The minimum absolute atomic E-state index is 0.117. The topological polar surface area (TPSA) is 33.2 Å². The molecule has 0 aliphatic carbocycles. The highest BCUT2D eigenvalue weighted by Crippen LogP contribution is 2.36. The number of carbonyl (C=O) groups is 1. The van der Waals surface area contributed by atoms with E-state index in [1.165, 1.54) is 29.3 Å². The molecule has 0 bridgehead atoms. The average Bonchev–Trinajstić information content (AvgIpc) is 2.52. The second-order valence-electron chi connectivity index (χ2n) is 4.91. The van der Waals surface area contributed by atoms with Crippen molar-refractivity contribution in [1.29, 1.82) is 0 Å². The van der Waals surface area contributed by atoms with E-state index in [2.05, 4.69) is 4.98 Å². The second-order valence-corrected chi connectivity index (χ2v) is 6.09. The van der Waals surface area contributed by atoms with Gasteiger partial charge in [0.15, 0.2) is 0 Å². The smallest absolute Gasteiger partial charge is 0.259 e. The molecule has 0 N–H and O–H groups in total. The Morgan fingerprint density at radius 1 is 1.23 bits per heavy atom. The van der Waals surface area contributed by atoms with E-state index in [0.29, 0.717) is 30.0 Å². The molecule has 2 heterocycles. The summed E-state index contributed by atoms with van der Waals surface area (Å²) in [7, 11) is 0. The molecule has 0 radical (unpaired) electrons. The van der Waals surface area contributed by atoms with Crippen LogP contribution in [0, 0.1) is 5.82 Å². The first-order chi connectivity index (χ1) is 10.5. The molecule has 0 spiro atoms. The largest absolute Gasteiger partial charge is 0.305 e. The first-order valence-corrected chi connectivity index (χ1v) is 7.72. The maximum absolute atomic E-state index is 14.2. The molecule has 7 heteroatoms. The molecule has 0 unspecified atom stereocenters. The van der Waals surface area contributed by atoms with E-state index in [1.807, 2.05) is 0 Å². The van der Waals surface area contributed by atoms with E-state index in [9.17, 15) is 9.18 Å². The summed E-state index contributed by atoms with van der Waals surface area (Å²) >= 11 is 17.8. The minimum Gasteiger partial charge on any atom is -0.305 e. The van der Waals surface area contributed by atoms with Crippen molar-refractivity contribution in [2.24, 2.45) is 0 Å². The van der Waals surface area contributed by atoms with Crippen LogP contribution in [-0.4, -0.2) is 17.4 Å². The van der Waals surface area contributed by atoms with Gasteiger partial charge in [0.25, 0.3) is 5.91 Å². The van der Waals surface area contributed by atoms with Gasteiger partial charge in [-0.1, -0.05) is 34.8 Å². The molecule has 22 heavy (non-hydrogen) atoms. The lowest BCUT2D eigenvalue weighted by Crippen LogP contribution is -2.36. The maximum atomic E-state index is 14.2. The molecule has 2 aromatic rings. The number of hydrogen-bond acceptors (Lipinski definition) is 2. The molecular weight excluding hydrogens is 350 g/mol. The highest BCUT2D eigenvalue weighted by molar-refractivity contribution is 6.41. The van der Waals surface area contributed by atoms with E-state index >= 15 is 0 Å². The first-order valence-electron chi connectivity index (χ1n) is 6.59. The average molecular weight is 360 g/mol. The Labute approximate surface area is 141 Å². The van der Waals surface area contributed by atoms with Crippen molar-refractivity contribution in [2.45, 2.75) is 12.8 Å². The molecule has 1 aromatic heterocycles. The Kier molecular flexibility index (Phi) is 4.26. The van der Waals surface area contributed by atoms with Crippen LogP contribution in [0.3, 0.4) is 0 Å². The predicted octanol–water partition coefficient (Wildman–Crippen LogP) is 4.77. The van der Waals surface area contributed by atoms with Gasteiger partial charge in [0.2, 0.25) is 0 Å². The van der Waals surface area contributed by atoms with Crippen molar-refractivity contribution in [1.82, 2.24) is 4.98 Å². The third-order valence-electron chi connectivity index (χ3n) is 3.54. The molecule has 1 aliphatic rings. The minimum atomic E-state index is -0.472. The van der Waals surface area contributed by atoms with Crippen molar-refractivity contribution in [3.05, 3.63) is 56.5 Å². The van der Waals surface area contributed by atoms with Gasteiger partial charge in [-0.05, 0) is 36.6 Å². The van der Waals surface area contributed by atoms with E-state index in [4.69, 9.17) is 34.8 Å². The highest BCUT2D eigenvalue weighted by Gasteiger charge is 2.28. The quantitative estimate of drug-likeness (QED) is 0.687. The molecular formula is C15H10Cl3FN2O. The Morgan fingerprint density at radius 2 is 2.00 bits per heavy atom. The van der Waals surface area contributed by atoms with E-state index < -0.39 is 5.82 Å². The van der Waals surface area contributed by atoms with Gasteiger partial charge in [-0.3, -0.25) is 4.79 Å². The molecule has 114 valence electrons. The van der Waals surface area contributed by atoms with Gasteiger partial charge in [-0.15, -0.1) is 0 Å². The lowest BCUT2D eigenvalue weighted by molar-refractivity contribution is 0.0984. The van der Waals surface area contributed by atoms with Crippen molar-refractivity contribution in [2.75, 3.05) is 11.4 Å². The maximum Gasteiger partial charge on any atom is 0.259 e. The van der Waals surface area contributed by atoms with Crippen molar-refractivity contribution < 1.29 is 9.18 Å². The summed E-state index contributed by atoms with van der Waals surface area (Å²) < 4.78 is 14.2. The third kappa shape index (κ3) is 2.67. The zero-order chi connectivity index (χ0) is 15.9. The predicted molar refractivity (Wildman–Crippen MR) is 85.7 cm³/mol. The number of halogens is 4. The zero-order valence-corrected chi connectivity index (χ0v) is 13.5. The third-order valence-corrected chi connectivity index (χ3v) is 4.58.